The average Bonchev–Trinajstić information content (AvgIpc) is 2.37. The van der Waals surface area contributed by atoms with Gasteiger partial charge in [0.15, 0.2) is 0 Å². The summed E-state index contributed by atoms with van der Waals surface area (Å²) in [6.07, 6.45) is 4.79. The van der Waals surface area contributed by atoms with Crippen molar-refractivity contribution in [2.45, 2.75) is 30.5 Å². The third kappa shape index (κ3) is 4.02. The van der Waals surface area contributed by atoms with Gasteiger partial charge in [-0.1, -0.05) is 28.8 Å². The molecular weight excluding hydrogens is 377 g/mol. The van der Waals surface area contributed by atoms with Crippen LogP contribution in [-0.2, 0) is 0 Å². The molecule has 2 unspecified atom stereocenters. The molecule has 0 saturated heterocycles. The molecule has 0 aliphatic heterocycles. The maximum Gasteiger partial charge on any atom is 0.252 e. The quantitative estimate of drug-likeness (QED) is 0.764. The predicted octanol–water partition coefficient (Wildman–Crippen LogP) is 4.27. The molecule has 1 aromatic carbocycles. The number of alkyl halides is 1. The molecule has 1 saturated carbocycles. The van der Waals surface area contributed by atoms with Gasteiger partial charge in [-0.25, -0.2) is 4.39 Å². The van der Waals surface area contributed by atoms with Crippen molar-refractivity contribution in [2.24, 2.45) is 5.92 Å². The number of carbonyl (C=O) groups is 1. The SMILES string of the molecule is O=C(NCC1CCCCC1Br)c1ccc(F)cc1Br. The zero-order valence-corrected chi connectivity index (χ0v) is 13.6. The lowest BCUT2D eigenvalue weighted by Crippen LogP contribution is -2.34. The fourth-order valence-corrected chi connectivity index (χ4v) is 3.69. The van der Waals surface area contributed by atoms with Crippen molar-refractivity contribution in [1.29, 1.82) is 0 Å². The largest absolute Gasteiger partial charge is 0.352 e. The first-order chi connectivity index (χ1) is 9.08. The maximum absolute atomic E-state index is 13.0. The molecule has 0 spiro atoms. The highest BCUT2D eigenvalue weighted by molar-refractivity contribution is 9.10. The van der Waals surface area contributed by atoms with Gasteiger partial charge in [0.1, 0.15) is 5.82 Å². The summed E-state index contributed by atoms with van der Waals surface area (Å²) < 4.78 is 13.5. The maximum atomic E-state index is 13.0. The monoisotopic (exact) mass is 391 g/mol. The van der Waals surface area contributed by atoms with E-state index in [-0.39, 0.29) is 11.7 Å². The van der Waals surface area contributed by atoms with E-state index in [1.54, 1.807) is 0 Å². The number of nitrogens with one attached hydrogen (secondary N) is 1. The van der Waals surface area contributed by atoms with Crippen molar-refractivity contribution in [3.63, 3.8) is 0 Å². The minimum absolute atomic E-state index is 0.155. The fraction of sp³-hybridized carbons (Fsp3) is 0.500. The Balaban J connectivity index is 1.93. The Morgan fingerprint density at radius 3 is 2.79 bits per heavy atom. The number of amides is 1. The molecule has 0 heterocycles. The van der Waals surface area contributed by atoms with Gasteiger partial charge in [-0.05, 0) is 52.9 Å². The molecule has 1 aromatic rings. The lowest BCUT2D eigenvalue weighted by Gasteiger charge is -2.27. The standard InChI is InChI=1S/C14H16Br2FNO/c15-12-4-2-1-3-9(12)8-18-14(19)11-6-5-10(17)7-13(11)16/h5-7,9,12H,1-4,8H2,(H,18,19). The Hall–Kier alpha value is -0.420. The van der Waals surface area contributed by atoms with Crippen LogP contribution >= 0.6 is 31.9 Å². The second kappa shape index (κ2) is 6.84. The van der Waals surface area contributed by atoms with Crippen molar-refractivity contribution in [2.75, 3.05) is 6.54 Å². The summed E-state index contributed by atoms with van der Waals surface area (Å²) in [6, 6.07) is 4.11. The molecule has 0 bridgehead atoms. The van der Waals surface area contributed by atoms with Crippen molar-refractivity contribution in [1.82, 2.24) is 5.32 Å². The Kier molecular flexibility index (Phi) is 5.39. The Bertz CT molecular complexity index is 467. The summed E-state index contributed by atoms with van der Waals surface area (Å²) in [5.41, 5.74) is 0.475. The molecule has 1 fully saturated rings. The van der Waals surface area contributed by atoms with Gasteiger partial charge in [0.05, 0.1) is 5.56 Å². The molecule has 104 valence electrons. The smallest absolute Gasteiger partial charge is 0.252 e. The summed E-state index contributed by atoms with van der Waals surface area (Å²) in [4.78, 5) is 12.5. The summed E-state index contributed by atoms with van der Waals surface area (Å²) in [5.74, 6) is -0.0229. The summed E-state index contributed by atoms with van der Waals surface area (Å²) >= 11 is 6.89. The lowest BCUT2D eigenvalue weighted by molar-refractivity contribution is 0.0943. The molecule has 1 aliphatic rings. The number of rotatable bonds is 3. The molecule has 2 nitrogen and oxygen atoms in total. The fourth-order valence-electron chi connectivity index (χ4n) is 2.38. The molecule has 0 aromatic heterocycles. The first-order valence-electron chi connectivity index (χ1n) is 6.45. The summed E-state index contributed by atoms with van der Waals surface area (Å²) in [5, 5.41) is 2.94. The first-order valence-corrected chi connectivity index (χ1v) is 8.16. The van der Waals surface area contributed by atoms with E-state index in [0.717, 1.165) is 6.42 Å². The topological polar surface area (TPSA) is 29.1 Å². The van der Waals surface area contributed by atoms with E-state index in [9.17, 15) is 9.18 Å². The molecule has 2 atom stereocenters. The Morgan fingerprint density at radius 2 is 2.11 bits per heavy atom. The van der Waals surface area contributed by atoms with Crippen LogP contribution in [0.3, 0.4) is 0 Å². The zero-order valence-electron chi connectivity index (χ0n) is 10.5. The van der Waals surface area contributed by atoms with Crippen LogP contribution in [0.25, 0.3) is 0 Å². The molecule has 1 aliphatic carbocycles. The minimum atomic E-state index is -0.351. The molecule has 5 heteroatoms. The number of hydrogen-bond acceptors (Lipinski definition) is 1. The highest BCUT2D eigenvalue weighted by atomic mass is 79.9. The van der Waals surface area contributed by atoms with Crippen LogP contribution in [0, 0.1) is 11.7 Å². The molecule has 1 amide bonds. The third-order valence-electron chi connectivity index (χ3n) is 3.52. The lowest BCUT2D eigenvalue weighted by atomic mass is 9.89. The van der Waals surface area contributed by atoms with Crippen LogP contribution in [0.4, 0.5) is 4.39 Å². The average molecular weight is 393 g/mol. The van der Waals surface area contributed by atoms with E-state index in [1.807, 2.05) is 0 Å². The van der Waals surface area contributed by atoms with Crippen LogP contribution in [0.15, 0.2) is 22.7 Å². The predicted molar refractivity (Wildman–Crippen MR) is 81.1 cm³/mol. The van der Waals surface area contributed by atoms with Gasteiger partial charge in [0.2, 0.25) is 0 Å². The highest BCUT2D eigenvalue weighted by Crippen LogP contribution is 2.29. The first kappa shape index (κ1) is 15.0. The van der Waals surface area contributed by atoms with Gasteiger partial charge in [0.25, 0.3) is 5.91 Å². The second-order valence-corrected chi connectivity index (χ2v) is 6.93. The van der Waals surface area contributed by atoms with Crippen LogP contribution < -0.4 is 5.32 Å². The third-order valence-corrected chi connectivity index (χ3v) is 5.38. The Morgan fingerprint density at radius 1 is 1.37 bits per heavy atom. The molecule has 19 heavy (non-hydrogen) atoms. The molecular formula is C14H16Br2FNO. The van der Waals surface area contributed by atoms with Crippen LogP contribution in [0.1, 0.15) is 36.0 Å². The van der Waals surface area contributed by atoms with Gasteiger partial charge in [-0.15, -0.1) is 0 Å². The number of halogens is 3. The van der Waals surface area contributed by atoms with E-state index in [2.05, 4.69) is 37.2 Å². The van der Waals surface area contributed by atoms with E-state index < -0.39 is 0 Å². The second-order valence-electron chi connectivity index (χ2n) is 4.89. The van der Waals surface area contributed by atoms with Crippen LogP contribution in [-0.4, -0.2) is 17.3 Å². The molecule has 0 radical (unpaired) electrons. The van der Waals surface area contributed by atoms with Gasteiger partial charge in [-0.2, -0.15) is 0 Å². The normalized spacial score (nSPS) is 23.1. The number of benzene rings is 1. The number of carbonyl (C=O) groups excluding carboxylic acids is 1. The van der Waals surface area contributed by atoms with Gasteiger partial charge in [-0.3, -0.25) is 4.79 Å². The molecule has 2 rings (SSSR count). The van der Waals surface area contributed by atoms with Crippen LogP contribution in [0.2, 0.25) is 0 Å². The zero-order chi connectivity index (χ0) is 13.8. The highest BCUT2D eigenvalue weighted by Gasteiger charge is 2.23. The van der Waals surface area contributed by atoms with Gasteiger partial charge < -0.3 is 5.32 Å². The van der Waals surface area contributed by atoms with Crippen molar-refractivity contribution >= 4 is 37.8 Å². The van der Waals surface area contributed by atoms with E-state index in [1.165, 1.54) is 37.5 Å². The number of hydrogen-bond donors (Lipinski definition) is 1. The van der Waals surface area contributed by atoms with E-state index >= 15 is 0 Å². The van der Waals surface area contributed by atoms with E-state index in [4.69, 9.17) is 0 Å². The Labute approximate surface area is 129 Å². The van der Waals surface area contributed by atoms with Crippen molar-refractivity contribution in [3.8, 4) is 0 Å². The van der Waals surface area contributed by atoms with Gasteiger partial charge >= 0.3 is 0 Å². The minimum Gasteiger partial charge on any atom is -0.352 e. The van der Waals surface area contributed by atoms with Gasteiger partial charge in [0, 0.05) is 15.8 Å². The molecule has 1 N–H and O–H groups in total. The van der Waals surface area contributed by atoms with Crippen LogP contribution in [0.5, 0.6) is 0 Å². The van der Waals surface area contributed by atoms with Crippen molar-refractivity contribution < 1.29 is 9.18 Å². The van der Waals surface area contributed by atoms with Crippen molar-refractivity contribution in [3.05, 3.63) is 34.1 Å². The summed E-state index contributed by atoms with van der Waals surface area (Å²) in [7, 11) is 0. The van der Waals surface area contributed by atoms with E-state index in [0.29, 0.717) is 27.3 Å². The summed E-state index contributed by atoms with van der Waals surface area (Å²) in [6.45, 7) is 0.665.